The van der Waals surface area contributed by atoms with Crippen molar-refractivity contribution in [3.05, 3.63) is 34.4 Å². The molecule has 0 fully saturated rings. The molecule has 0 saturated heterocycles. The van der Waals surface area contributed by atoms with E-state index in [-0.39, 0.29) is 5.69 Å². The maximum absolute atomic E-state index is 10.4. The first kappa shape index (κ1) is 13.2. The van der Waals surface area contributed by atoms with Gasteiger partial charge in [0.1, 0.15) is 0 Å². The van der Waals surface area contributed by atoms with Crippen LogP contribution in [0.4, 0.5) is 11.4 Å². The van der Waals surface area contributed by atoms with Gasteiger partial charge in [0.05, 0.1) is 10.6 Å². The summed E-state index contributed by atoms with van der Waals surface area (Å²) in [4.78, 5) is 10.00. The van der Waals surface area contributed by atoms with E-state index in [1.165, 1.54) is 12.1 Å². The van der Waals surface area contributed by atoms with Gasteiger partial charge >= 0.3 is 0 Å². The van der Waals surface area contributed by atoms with Crippen molar-refractivity contribution in [1.82, 2.24) is 10.7 Å². The summed E-state index contributed by atoms with van der Waals surface area (Å²) in [6.07, 6.45) is 0.985. The maximum atomic E-state index is 10.4. The van der Waals surface area contributed by atoms with E-state index >= 15 is 0 Å². The molecule has 0 aliphatic rings. The van der Waals surface area contributed by atoms with Crippen LogP contribution in [0.3, 0.4) is 0 Å². The largest absolute Gasteiger partial charge is 0.361 e. The second kappa shape index (κ2) is 6.64. The van der Waals surface area contributed by atoms with E-state index in [2.05, 4.69) is 16.2 Å². The van der Waals surface area contributed by atoms with Crippen LogP contribution in [0.15, 0.2) is 24.3 Å². The van der Waals surface area contributed by atoms with Crippen molar-refractivity contribution in [3.8, 4) is 0 Å². The summed E-state index contributed by atoms with van der Waals surface area (Å²) in [6.45, 7) is 2.84. The lowest BCUT2D eigenvalue weighted by atomic mass is 10.3. The molecule has 0 saturated carbocycles. The highest BCUT2D eigenvalue weighted by molar-refractivity contribution is 7.80. The molecule has 92 valence electrons. The summed E-state index contributed by atoms with van der Waals surface area (Å²) in [7, 11) is 0. The predicted molar refractivity (Wildman–Crippen MR) is 70.7 cm³/mol. The molecule has 1 rings (SSSR count). The fourth-order valence-corrected chi connectivity index (χ4v) is 1.23. The van der Waals surface area contributed by atoms with Crippen LogP contribution in [0.5, 0.6) is 0 Å². The molecule has 0 aromatic heterocycles. The molecule has 0 heterocycles. The van der Waals surface area contributed by atoms with Crippen LogP contribution in [0.2, 0.25) is 0 Å². The molecule has 1 aromatic carbocycles. The number of benzene rings is 1. The number of hydrazine groups is 1. The molecule has 7 heteroatoms. The van der Waals surface area contributed by atoms with Crippen LogP contribution in [0.1, 0.15) is 13.3 Å². The Balaban J connectivity index is 2.42. The van der Waals surface area contributed by atoms with Gasteiger partial charge in [-0.2, -0.15) is 0 Å². The summed E-state index contributed by atoms with van der Waals surface area (Å²) in [5.74, 6) is 0. The summed E-state index contributed by atoms with van der Waals surface area (Å²) in [5, 5.41) is 13.9. The van der Waals surface area contributed by atoms with Crippen molar-refractivity contribution in [2.24, 2.45) is 0 Å². The highest BCUT2D eigenvalue weighted by Crippen LogP contribution is 2.14. The molecule has 0 spiro atoms. The Hall–Kier alpha value is -1.89. The number of rotatable bonds is 5. The highest BCUT2D eigenvalue weighted by Gasteiger charge is 2.03. The lowest BCUT2D eigenvalue weighted by molar-refractivity contribution is -0.384. The van der Waals surface area contributed by atoms with Gasteiger partial charge in [0.25, 0.3) is 5.69 Å². The average molecular weight is 254 g/mol. The minimum Gasteiger partial charge on any atom is -0.361 e. The standard InChI is InChI=1S/C10H14N4O2S/c1-2-7-11-10(17)13-12-8-3-5-9(6-4-8)14(15)16/h3-6,12H,2,7H2,1H3,(H2,11,13,17). The predicted octanol–water partition coefficient (Wildman–Crippen LogP) is 1.80. The van der Waals surface area contributed by atoms with Gasteiger partial charge in [-0.1, -0.05) is 6.92 Å². The minimum atomic E-state index is -0.440. The highest BCUT2D eigenvalue weighted by atomic mass is 32.1. The Labute approximate surface area is 105 Å². The molecule has 0 amide bonds. The van der Waals surface area contributed by atoms with Gasteiger partial charge in [-0.25, -0.2) is 0 Å². The van der Waals surface area contributed by atoms with E-state index in [0.29, 0.717) is 10.8 Å². The summed E-state index contributed by atoms with van der Waals surface area (Å²) >= 11 is 4.99. The van der Waals surface area contributed by atoms with Crippen molar-refractivity contribution in [2.75, 3.05) is 12.0 Å². The molecule has 0 aliphatic carbocycles. The van der Waals surface area contributed by atoms with Crippen LogP contribution in [0, 0.1) is 10.1 Å². The number of anilines is 1. The zero-order chi connectivity index (χ0) is 12.7. The number of nitrogens with zero attached hydrogens (tertiary/aromatic N) is 1. The molecule has 6 nitrogen and oxygen atoms in total. The van der Waals surface area contributed by atoms with E-state index in [0.717, 1.165) is 13.0 Å². The quantitative estimate of drug-likeness (QED) is 0.422. The molecule has 17 heavy (non-hydrogen) atoms. The van der Waals surface area contributed by atoms with Gasteiger partial charge in [-0.3, -0.25) is 21.0 Å². The van der Waals surface area contributed by atoms with Crippen LogP contribution in [0.25, 0.3) is 0 Å². The smallest absolute Gasteiger partial charge is 0.269 e. The van der Waals surface area contributed by atoms with Gasteiger partial charge in [0, 0.05) is 18.7 Å². The van der Waals surface area contributed by atoms with E-state index < -0.39 is 4.92 Å². The molecule has 0 aliphatic heterocycles. The molecule has 0 radical (unpaired) electrons. The SMILES string of the molecule is CCCNC(=S)NNc1ccc([N+](=O)[O-])cc1. The van der Waals surface area contributed by atoms with Crippen molar-refractivity contribution in [3.63, 3.8) is 0 Å². The maximum Gasteiger partial charge on any atom is 0.269 e. The van der Waals surface area contributed by atoms with E-state index in [1.807, 2.05) is 6.92 Å². The Kier molecular flexibility index (Phi) is 5.15. The fourth-order valence-electron chi connectivity index (χ4n) is 1.08. The number of nitrogens with one attached hydrogen (secondary N) is 3. The van der Waals surface area contributed by atoms with Crippen molar-refractivity contribution < 1.29 is 4.92 Å². The molecule has 0 bridgehead atoms. The minimum absolute atomic E-state index is 0.0576. The summed E-state index contributed by atoms with van der Waals surface area (Å²) < 4.78 is 0. The Morgan fingerprint density at radius 3 is 2.59 bits per heavy atom. The van der Waals surface area contributed by atoms with Crippen molar-refractivity contribution in [2.45, 2.75) is 13.3 Å². The molecule has 0 atom stereocenters. The second-order valence-corrected chi connectivity index (χ2v) is 3.72. The molecular formula is C10H14N4O2S. The molecule has 1 aromatic rings. The summed E-state index contributed by atoms with van der Waals surface area (Å²) in [6, 6.07) is 6.06. The van der Waals surface area contributed by atoms with Crippen LogP contribution in [-0.2, 0) is 0 Å². The van der Waals surface area contributed by atoms with Crippen LogP contribution < -0.4 is 16.2 Å². The van der Waals surface area contributed by atoms with Gasteiger partial charge in [-0.15, -0.1) is 0 Å². The van der Waals surface area contributed by atoms with Gasteiger partial charge in [-0.05, 0) is 30.8 Å². The first-order valence-corrected chi connectivity index (χ1v) is 5.58. The van der Waals surface area contributed by atoms with Gasteiger partial charge in [0.15, 0.2) is 5.11 Å². The third-order valence-electron chi connectivity index (χ3n) is 1.93. The van der Waals surface area contributed by atoms with E-state index in [9.17, 15) is 10.1 Å². The first-order valence-electron chi connectivity index (χ1n) is 5.17. The van der Waals surface area contributed by atoms with Gasteiger partial charge < -0.3 is 5.32 Å². The summed E-state index contributed by atoms with van der Waals surface area (Å²) in [5.41, 5.74) is 6.39. The third-order valence-corrected chi connectivity index (χ3v) is 2.18. The van der Waals surface area contributed by atoms with Gasteiger partial charge in [0.2, 0.25) is 0 Å². The molecule has 0 unspecified atom stereocenters. The number of hydrogen-bond donors (Lipinski definition) is 3. The third kappa shape index (κ3) is 4.64. The topological polar surface area (TPSA) is 79.2 Å². The number of nitro benzene ring substituents is 1. The lowest BCUT2D eigenvalue weighted by Gasteiger charge is -2.11. The second-order valence-electron chi connectivity index (χ2n) is 3.31. The van der Waals surface area contributed by atoms with Crippen molar-refractivity contribution in [1.29, 1.82) is 0 Å². The Bertz CT molecular complexity index is 394. The number of non-ortho nitro benzene ring substituents is 1. The fraction of sp³-hybridized carbons (Fsp3) is 0.300. The number of hydrogen-bond acceptors (Lipinski definition) is 4. The lowest BCUT2D eigenvalue weighted by Crippen LogP contribution is -2.39. The normalized spacial score (nSPS) is 9.47. The number of nitro groups is 1. The Morgan fingerprint density at radius 1 is 1.41 bits per heavy atom. The van der Waals surface area contributed by atoms with E-state index in [4.69, 9.17) is 12.2 Å². The number of thiocarbonyl (C=S) groups is 1. The first-order chi connectivity index (χ1) is 8.13. The van der Waals surface area contributed by atoms with Crippen molar-refractivity contribution >= 4 is 28.7 Å². The van der Waals surface area contributed by atoms with E-state index in [1.54, 1.807) is 12.1 Å². The average Bonchev–Trinajstić information content (AvgIpc) is 2.34. The molecule has 3 N–H and O–H groups in total. The van der Waals surface area contributed by atoms with Crippen LogP contribution >= 0.6 is 12.2 Å². The zero-order valence-electron chi connectivity index (χ0n) is 9.40. The zero-order valence-corrected chi connectivity index (χ0v) is 10.2. The van der Waals surface area contributed by atoms with Crippen LogP contribution in [-0.4, -0.2) is 16.6 Å². The molecular weight excluding hydrogens is 240 g/mol. The Morgan fingerprint density at radius 2 is 2.06 bits per heavy atom. The monoisotopic (exact) mass is 254 g/mol.